The van der Waals surface area contributed by atoms with Crippen molar-refractivity contribution in [2.45, 2.75) is 45.6 Å². The standard InChI is InChI=1S/C24H29N3O3/c1-4-8-17(2)15-29-21-13-11-20(12-14-21)22(24-27-25-16-30-24)26-23(28)18(3)19-9-6-5-7-10-19/h5-7,9-14,16-18,22H,4,8,15H2,1-3H3,(H,26,28)/t17?,18-,22+/m0/s1. The molecular formula is C24H29N3O3. The molecule has 158 valence electrons. The Balaban J connectivity index is 1.72. The van der Waals surface area contributed by atoms with Gasteiger partial charge < -0.3 is 14.5 Å². The van der Waals surface area contributed by atoms with E-state index in [0.29, 0.717) is 18.4 Å². The van der Waals surface area contributed by atoms with Gasteiger partial charge >= 0.3 is 0 Å². The summed E-state index contributed by atoms with van der Waals surface area (Å²) < 4.78 is 11.3. The normalized spacial score (nSPS) is 14.0. The van der Waals surface area contributed by atoms with Crippen LogP contribution in [0.25, 0.3) is 0 Å². The van der Waals surface area contributed by atoms with Gasteiger partial charge in [0.05, 0.1) is 12.5 Å². The fraction of sp³-hybridized carbons (Fsp3) is 0.375. The molecule has 3 rings (SSSR count). The monoisotopic (exact) mass is 407 g/mol. The highest BCUT2D eigenvalue weighted by Crippen LogP contribution is 2.25. The Kier molecular flexibility index (Phi) is 7.60. The number of hydrogen-bond acceptors (Lipinski definition) is 5. The number of ether oxygens (including phenoxy) is 1. The molecule has 0 aliphatic carbocycles. The molecule has 0 bridgehead atoms. The number of carbonyl (C=O) groups excluding carboxylic acids is 1. The first-order valence-electron chi connectivity index (χ1n) is 10.4. The Morgan fingerprint density at radius 1 is 1.07 bits per heavy atom. The molecule has 30 heavy (non-hydrogen) atoms. The molecule has 2 aromatic carbocycles. The van der Waals surface area contributed by atoms with Gasteiger partial charge in [-0.3, -0.25) is 4.79 Å². The molecule has 0 saturated carbocycles. The number of rotatable bonds is 10. The minimum Gasteiger partial charge on any atom is -0.493 e. The highest BCUT2D eigenvalue weighted by Gasteiger charge is 2.25. The minimum atomic E-state index is -0.528. The van der Waals surface area contributed by atoms with Gasteiger partial charge in [-0.1, -0.05) is 62.7 Å². The number of amides is 1. The largest absolute Gasteiger partial charge is 0.493 e. The predicted molar refractivity (Wildman–Crippen MR) is 115 cm³/mol. The molecular weight excluding hydrogens is 378 g/mol. The summed E-state index contributed by atoms with van der Waals surface area (Å²) in [5.74, 6) is 1.24. The Hall–Kier alpha value is -3.15. The Bertz CT molecular complexity index is 895. The van der Waals surface area contributed by atoms with Crippen LogP contribution < -0.4 is 10.1 Å². The lowest BCUT2D eigenvalue weighted by molar-refractivity contribution is -0.122. The first kappa shape index (κ1) is 21.6. The van der Waals surface area contributed by atoms with Gasteiger partial charge in [-0.2, -0.15) is 0 Å². The van der Waals surface area contributed by atoms with Crippen LogP contribution in [0.5, 0.6) is 5.75 Å². The third-order valence-corrected chi connectivity index (χ3v) is 5.13. The number of benzene rings is 2. The van der Waals surface area contributed by atoms with Crippen molar-refractivity contribution in [2.75, 3.05) is 6.61 Å². The number of aromatic nitrogens is 2. The fourth-order valence-corrected chi connectivity index (χ4v) is 3.33. The Morgan fingerprint density at radius 2 is 1.80 bits per heavy atom. The molecule has 6 heteroatoms. The summed E-state index contributed by atoms with van der Waals surface area (Å²) in [4.78, 5) is 12.9. The van der Waals surface area contributed by atoms with Gasteiger partial charge in [0.1, 0.15) is 11.8 Å². The topological polar surface area (TPSA) is 77.2 Å². The van der Waals surface area contributed by atoms with E-state index in [4.69, 9.17) is 9.15 Å². The predicted octanol–water partition coefficient (Wildman–Crippen LogP) is 4.89. The van der Waals surface area contributed by atoms with Crippen LogP contribution in [0.2, 0.25) is 0 Å². The van der Waals surface area contributed by atoms with Crippen molar-refractivity contribution in [3.05, 3.63) is 78.0 Å². The molecule has 1 amide bonds. The van der Waals surface area contributed by atoms with E-state index in [-0.39, 0.29) is 11.8 Å². The average molecular weight is 408 g/mol. The van der Waals surface area contributed by atoms with Crippen molar-refractivity contribution >= 4 is 5.91 Å². The van der Waals surface area contributed by atoms with Crippen molar-refractivity contribution in [3.8, 4) is 5.75 Å². The SMILES string of the molecule is CCCC(C)COc1ccc([C@@H](NC(=O)[C@@H](C)c2ccccc2)c2nnco2)cc1. The van der Waals surface area contributed by atoms with Gasteiger partial charge in [-0.25, -0.2) is 0 Å². The summed E-state index contributed by atoms with van der Waals surface area (Å²) in [5.41, 5.74) is 1.80. The highest BCUT2D eigenvalue weighted by molar-refractivity contribution is 5.83. The van der Waals surface area contributed by atoms with Gasteiger partial charge in [0, 0.05) is 0 Å². The Morgan fingerprint density at radius 3 is 2.43 bits per heavy atom. The molecule has 0 fully saturated rings. The van der Waals surface area contributed by atoms with E-state index < -0.39 is 6.04 Å². The van der Waals surface area contributed by atoms with Crippen LogP contribution in [0.15, 0.2) is 65.4 Å². The summed E-state index contributed by atoms with van der Waals surface area (Å²) in [6.07, 6.45) is 3.56. The zero-order chi connectivity index (χ0) is 21.3. The van der Waals surface area contributed by atoms with E-state index in [1.54, 1.807) is 0 Å². The van der Waals surface area contributed by atoms with E-state index in [2.05, 4.69) is 29.4 Å². The number of nitrogens with one attached hydrogen (secondary N) is 1. The zero-order valence-corrected chi connectivity index (χ0v) is 17.7. The molecule has 0 aliphatic heterocycles. The highest BCUT2D eigenvalue weighted by atomic mass is 16.5. The molecule has 1 aromatic heterocycles. The van der Waals surface area contributed by atoms with E-state index in [0.717, 1.165) is 29.7 Å². The number of carbonyl (C=O) groups is 1. The quantitative estimate of drug-likeness (QED) is 0.517. The third kappa shape index (κ3) is 5.69. The summed E-state index contributed by atoms with van der Waals surface area (Å²) in [5, 5.41) is 10.8. The van der Waals surface area contributed by atoms with Crippen molar-refractivity contribution in [2.24, 2.45) is 5.92 Å². The third-order valence-electron chi connectivity index (χ3n) is 5.13. The van der Waals surface area contributed by atoms with Crippen LogP contribution in [-0.2, 0) is 4.79 Å². The van der Waals surface area contributed by atoms with Crippen LogP contribution in [0, 0.1) is 5.92 Å². The molecule has 3 aromatic rings. The second-order valence-corrected chi connectivity index (χ2v) is 7.62. The van der Waals surface area contributed by atoms with E-state index in [1.807, 2.05) is 61.5 Å². The fourth-order valence-electron chi connectivity index (χ4n) is 3.33. The Labute approximate surface area is 177 Å². The van der Waals surface area contributed by atoms with Gasteiger partial charge in [0.15, 0.2) is 0 Å². The first-order chi connectivity index (χ1) is 14.6. The molecule has 0 spiro atoms. The molecule has 0 radical (unpaired) electrons. The second kappa shape index (κ2) is 10.6. The number of hydrogen-bond donors (Lipinski definition) is 1. The lowest BCUT2D eigenvalue weighted by Gasteiger charge is -2.19. The van der Waals surface area contributed by atoms with Crippen LogP contribution in [-0.4, -0.2) is 22.7 Å². The second-order valence-electron chi connectivity index (χ2n) is 7.62. The van der Waals surface area contributed by atoms with Crippen LogP contribution in [0.3, 0.4) is 0 Å². The van der Waals surface area contributed by atoms with Crippen molar-refractivity contribution in [3.63, 3.8) is 0 Å². The molecule has 0 saturated heterocycles. The van der Waals surface area contributed by atoms with Crippen LogP contribution >= 0.6 is 0 Å². The van der Waals surface area contributed by atoms with E-state index >= 15 is 0 Å². The molecule has 1 unspecified atom stereocenters. The van der Waals surface area contributed by atoms with E-state index in [1.165, 1.54) is 6.39 Å². The summed E-state index contributed by atoms with van der Waals surface area (Å²) in [7, 11) is 0. The van der Waals surface area contributed by atoms with Gasteiger partial charge in [0.25, 0.3) is 0 Å². The molecule has 0 aliphatic rings. The molecule has 1 heterocycles. The number of nitrogens with zero attached hydrogens (tertiary/aromatic N) is 2. The summed E-state index contributed by atoms with van der Waals surface area (Å²) >= 11 is 0. The first-order valence-corrected chi connectivity index (χ1v) is 10.4. The van der Waals surface area contributed by atoms with E-state index in [9.17, 15) is 4.79 Å². The molecule has 3 atom stereocenters. The van der Waals surface area contributed by atoms with Gasteiger partial charge in [-0.15, -0.1) is 10.2 Å². The van der Waals surface area contributed by atoms with Gasteiger partial charge in [-0.05, 0) is 42.5 Å². The van der Waals surface area contributed by atoms with Gasteiger partial charge in [0.2, 0.25) is 18.2 Å². The smallest absolute Gasteiger partial charge is 0.242 e. The average Bonchev–Trinajstić information content (AvgIpc) is 3.31. The zero-order valence-electron chi connectivity index (χ0n) is 17.7. The minimum absolute atomic E-state index is 0.113. The lowest BCUT2D eigenvalue weighted by Crippen LogP contribution is -2.32. The van der Waals surface area contributed by atoms with Crippen molar-refractivity contribution in [1.29, 1.82) is 0 Å². The van der Waals surface area contributed by atoms with Crippen molar-refractivity contribution in [1.82, 2.24) is 15.5 Å². The maximum Gasteiger partial charge on any atom is 0.242 e. The van der Waals surface area contributed by atoms with Crippen molar-refractivity contribution < 1.29 is 13.9 Å². The molecule has 1 N–H and O–H groups in total. The maximum atomic E-state index is 12.9. The maximum absolute atomic E-state index is 12.9. The summed E-state index contributed by atoms with van der Waals surface area (Å²) in [6.45, 7) is 6.93. The van der Waals surface area contributed by atoms with Crippen LogP contribution in [0.4, 0.5) is 0 Å². The molecule has 6 nitrogen and oxygen atoms in total. The summed E-state index contributed by atoms with van der Waals surface area (Å²) in [6, 6.07) is 16.8. The van der Waals surface area contributed by atoms with Crippen LogP contribution in [0.1, 0.15) is 62.6 Å². The lowest BCUT2D eigenvalue weighted by atomic mass is 9.99.